The van der Waals surface area contributed by atoms with E-state index < -0.39 is 0 Å². The van der Waals surface area contributed by atoms with Crippen molar-refractivity contribution < 1.29 is 23.9 Å². The zero-order valence-electron chi connectivity index (χ0n) is 65.8. The number of nitrogens with zero attached hydrogens (tertiary/aromatic N) is 6. The third-order valence-corrected chi connectivity index (χ3v) is 7.12. The van der Waals surface area contributed by atoms with Crippen LogP contribution in [0.3, 0.4) is 0 Å². The average Bonchev–Trinajstić information content (AvgIpc) is 4.59. The molecule has 0 aromatic carbocycles. The summed E-state index contributed by atoms with van der Waals surface area (Å²) in [6.07, 6.45) is 22.9. The Morgan fingerprint density at radius 1 is 0.349 bits per heavy atom. The van der Waals surface area contributed by atoms with Crippen LogP contribution in [0.5, 0.6) is 0 Å². The van der Waals surface area contributed by atoms with E-state index in [-0.39, 0.29) is 6.79 Å². The van der Waals surface area contributed by atoms with Gasteiger partial charge in [-0.05, 0) is 32.4 Å². The molecule has 19 heteroatoms. The number of nitrogens with one attached hydrogen (secondary N) is 7. The first kappa shape index (κ1) is 132. The molecule has 8 aliphatic heterocycles. The minimum atomic E-state index is 0.278. The minimum absolute atomic E-state index is 0.278. The van der Waals surface area contributed by atoms with E-state index in [2.05, 4.69) is 87.1 Å². The largest absolute Gasteiger partial charge is 0.483 e. The number of hydrazone groups is 2. The summed E-state index contributed by atoms with van der Waals surface area (Å²) < 4.78 is 13.8. The Balaban J connectivity index is -0.0000000355. The zero-order chi connectivity index (χ0) is 71.4. The van der Waals surface area contributed by atoms with Crippen LogP contribution in [0.25, 0.3) is 0 Å². The topological polar surface area (TPSA) is 205 Å². The lowest BCUT2D eigenvalue weighted by Gasteiger charge is -2.11. The van der Waals surface area contributed by atoms with E-state index in [1.165, 1.54) is 103 Å². The highest BCUT2D eigenvalue weighted by Gasteiger charge is 1.96. The standard InChI is InChI=1S/C6H12.C5H11N.C4H10N2.C4H8N2.C4H7NO.2C2H4N2O.C2H4N2S.C2H3NO2.18C2H6/c2*1-2-4-6-5-3-1;1-2-6-4-3-5-1;2*1-2-5-4-6-3-1;1-3-4-2-5-1;1-3-2-5-4-1;1-3-4-2-5-1;1-3-5-2-4-1;18*1-2/h1-6H2;6H,1-5H2;5-6H,1-4H2;4H,1-3H2,(H,5,6);4H,1-3H2;1,4H,2H2;1H,2H2,(H,3,4);1,4H,2H2;1H,2H2;18*1-2H3. The first-order chi connectivity index (χ1) is 43.0. The number of aliphatic imine (C=N–C) groups is 3. The molecule has 540 valence electrons. The predicted molar refractivity (Wildman–Crippen MR) is 409 cm³/mol. The summed E-state index contributed by atoms with van der Waals surface area (Å²) in [5.74, 6) is 0.944. The fourth-order valence-electron chi connectivity index (χ4n) is 4.04. The molecular weight excluding hydrogens is 1100 g/mol. The minimum Gasteiger partial charge on any atom is -0.483 e. The van der Waals surface area contributed by atoms with Crippen molar-refractivity contribution in [2.75, 3.05) is 91.6 Å². The van der Waals surface area contributed by atoms with E-state index in [9.17, 15) is 0 Å². The predicted octanol–water partition coefficient (Wildman–Crippen LogP) is 20.4. The highest BCUT2D eigenvalue weighted by molar-refractivity contribution is 8.12. The SMILES string of the molecule is C1=NCCCN1.C1=NCCCO1.C1=NCON1.C1=NNCO1.C1=NNCS1.C1=NOCO1.C1CCCCC1.C1CCNCC1.C1CNCCN1.CC.CC.CC.CC.CC.CC.CC.CC.CC.CC.CC.CC.CC.CC.CC.CC.CC.CC. The molecule has 0 atom stereocenters. The van der Waals surface area contributed by atoms with Crippen LogP contribution in [0.1, 0.15) is 320 Å². The molecule has 9 aliphatic rings. The molecule has 3 fully saturated rings. The smallest absolute Gasteiger partial charge is 0.257 e. The van der Waals surface area contributed by atoms with Crippen LogP contribution in [0, 0.1) is 0 Å². The van der Waals surface area contributed by atoms with Gasteiger partial charge in [0.25, 0.3) is 6.79 Å². The number of ether oxygens (including phenoxy) is 3. The molecule has 8 heterocycles. The van der Waals surface area contributed by atoms with Crippen molar-refractivity contribution in [2.45, 2.75) is 320 Å². The van der Waals surface area contributed by atoms with Crippen LogP contribution < -0.4 is 37.6 Å². The van der Waals surface area contributed by atoms with Crippen LogP contribution >= 0.6 is 11.8 Å². The number of oxime groups is 1. The van der Waals surface area contributed by atoms with E-state index in [1.807, 2.05) is 249 Å². The van der Waals surface area contributed by atoms with Gasteiger partial charge in [0, 0.05) is 52.2 Å². The Bertz CT molecular complexity index is 693. The molecule has 0 amide bonds. The number of thioether (sulfide) groups is 1. The van der Waals surface area contributed by atoms with Crippen LogP contribution in [-0.2, 0) is 23.9 Å². The Morgan fingerprint density at radius 2 is 0.767 bits per heavy atom. The van der Waals surface area contributed by atoms with E-state index in [1.54, 1.807) is 23.6 Å². The Hall–Kier alpha value is -3.39. The molecule has 0 unspecified atom stereocenters. The van der Waals surface area contributed by atoms with Crippen molar-refractivity contribution in [1.82, 2.24) is 37.6 Å². The van der Waals surface area contributed by atoms with Crippen molar-refractivity contribution in [2.24, 2.45) is 30.3 Å². The second-order valence-corrected chi connectivity index (χ2v) is 11.6. The van der Waals surface area contributed by atoms with Gasteiger partial charge in [-0.25, -0.2) is 4.99 Å². The molecule has 9 rings (SSSR count). The Labute approximate surface area is 550 Å². The fraction of sp³-hybridized carbons (Fsp3) is 0.910. The van der Waals surface area contributed by atoms with Crippen molar-refractivity contribution >= 4 is 49.2 Å². The molecule has 2 saturated heterocycles. The van der Waals surface area contributed by atoms with E-state index in [4.69, 9.17) is 4.74 Å². The molecule has 0 aromatic heterocycles. The summed E-state index contributed by atoms with van der Waals surface area (Å²) in [6, 6.07) is 0. The van der Waals surface area contributed by atoms with Gasteiger partial charge in [0.1, 0.15) is 6.34 Å². The third-order valence-electron chi connectivity index (χ3n) is 6.57. The van der Waals surface area contributed by atoms with Gasteiger partial charge in [-0.15, -0.1) is 5.10 Å². The van der Waals surface area contributed by atoms with Crippen molar-refractivity contribution in [3.63, 3.8) is 0 Å². The Kier molecular flexibility index (Phi) is 374. The molecule has 0 bridgehead atoms. The lowest BCUT2D eigenvalue weighted by molar-refractivity contribution is 0.0595. The highest BCUT2D eigenvalue weighted by Crippen LogP contribution is 2.15. The Morgan fingerprint density at radius 3 is 0.872 bits per heavy atom. The molecule has 0 spiro atoms. The van der Waals surface area contributed by atoms with E-state index in [0.717, 1.165) is 64.7 Å². The first-order valence-corrected chi connectivity index (χ1v) is 36.8. The maximum absolute atomic E-state index is 4.78. The third kappa shape index (κ3) is 235. The monoisotopic (exact) mass is 1270 g/mol. The van der Waals surface area contributed by atoms with Gasteiger partial charge in [0.2, 0.25) is 6.40 Å². The van der Waals surface area contributed by atoms with Gasteiger partial charge in [-0.2, -0.15) is 5.10 Å². The number of hydrogen-bond donors (Lipinski definition) is 7. The maximum atomic E-state index is 4.78. The fourth-order valence-corrected chi connectivity index (χ4v) is 4.41. The number of rotatable bonds is 0. The lowest BCUT2D eigenvalue weighted by Crippen LogP contribution is -2.39. The maximum Gasteiger partial charge on any atom is 0.257 e. The average molecular weight is 1270 g/mol. The van der Waals surface area contributed by atoms with Crippen molar-refractivity contribution in [3.8, 4) is 0 Å². The normalized spacial score (nSPS) is 13.3. The van der Waals surface area contributed by atoms with Crippen molar-refractivity contribution in [1.29, 1.82) is 0 Å². The first-order valence-electron chi connectivity index (χ1n) is 35.8. The summed E-state index contributed by atoms with van der Waals surface area (Å²) >= 11 is 1.67. The van der Waals surface area contributed by atoms with Crippen LogP contribution in [0.2, 0.25) is 0 Å². The molecule has 7 N–H and O–H groups in total. The summed E-state index contributed by atoms with van der Waals surface area (Å²) in [7, 11) is 0. The molecule has 86 heavy (non-hydrogen) atoms. The van der Waals surface area contributed by atoms with Crippen molar-refractivity contribution in [3.05, 3.63) is 0 Å². The second-order valence-electron chi connectivity index (χ2n) is 10.7. The second kappa shape index (κ2) is 244. The van der Waals surface area contributed by atoms with Gasteiger partial charge >= 0.3 is 0 Å². The van der Waals surface area contributed by atoms with Gasteiger partial charge < -0.3 is 40.3 Å². The quantitative estimate of drug-likeness (QED) is 0.121. The van der Waals surface area contributed by atoms with Crippen LogP contribution in [-0.4, -0.2) is 129 Å². The van der Waals surface area contributed by atoms with Gasteiger partial charge in [-0.3, -0.25) is 31.2 Å². The number of hydrogen-bond acceptors (Lipinski definition) is 19. The van der Waals surface area contributed by atoms with Gasteiger partial charge in [0.15, 0.2) is 26.3 Å². The molecule has 0 aromatic rings. The molecule has 0 radical (unpaired) electrons. The summed E-state index contributed by atoms with van der Waals surface area (Å²) in [6.45, 7) is 84.2. The molecule has 18 nitrogen and oxygen atoms in total. The van der Waals surface area contributed by atoms with Crippen LogP contribution in [0.15, 0.2) is 30.3 Å². The number of piperidine rings is 1. The zero-order valence-corrected chi connectivity index (χ0v) is 66.6. The summed E-state index contributed by atoms with van der Waals surface area (Å²) in [4.78, 5) is 20.2. The van der Waals surface area contributed by atoms with E-state index >= 15 is 0 Å². The highest BCUT2D eigenvalue weighted by atomic mass is 32.2. The van der Waals surface area contributed by atoms with Gasteiger partial charge in [0.05, 0.1) is 24.4 Å². The van der Waals surface area contributed by atoms with E-state index in [0.29, 0.717) is 13.5 Å². The molecule has 1 aliphatic carbocycles. The van der Waals surface area contributed by atoms with Gasteiger partial charge in [-0.1, -0.05) is 311 Å². The number of hydroxylamine groups is 1. The summed E-state index contributed by atoms with van der Waals surface area (Å²) in [5.41, 5.74) is 9.55. The van der Waals surface area contributed by atoms with Crippen LogP contribution in [0.4, 0.5) is 0 Å². The number of piperazine rings is 1. The molecule has 1 saturated carbocycles. The lowest BCUT2D eigenvalue weighted by atomic mass is 10.0. The summed E-state index contributed by atoms with van der Waals surface area (Å²) in [5, 5.41) is 23.1. The molecular formula is C67H171N13O5S.